The molecule has 0 spiro atoms. The number of nitrogens with one attached hydrogen (secondary N) is 1. The Bertz CT molecular complexity index is 485. The standard InChI is InChI=1S/C11H14N2O5S/c1-6-12-8(5-19-6)10(15)13-7(11(16)17)3-4-9(14)18-2/h5,7H,3-4H2,1-2H3,(H,13,15)(H,16,17)/t7-/m1/s1. The number of ether oxygens (including phenoxy) is 1. The number of hydrogen-bond donors (Lipinski definition) is 2. The van der Waals surface area contributed by atoms with Gasteiger partial charge in [-0.15, -0.1) is 11.3 Å². The van der Waals surface area contributed by atoms with Crippen molar-refractivity contribution in [1.29, 1.82) is 0 Å². The van der Waals surface area contributed by atoms with Gasteiger partial charge in [-0.3, -0.25) is 9.59 Å². The van der Waals surface area contributed by atoms with Crippen LogP contribution in [0.3, 0.4) is 0 Å². The average Bonchev–Trinajstić information content (AvgIpc) is 2.80. The van der Waals surface area contributed by atoms with E-state index in [-0.39, 0.29) is 18.5 Å². The largest absolute Gasteiger partial charge is 0.480 e. The van der Waals surface area contributed by atoms with Crippen molar-refractivity contribution in [3.63, 3.8) is 0 Å². The molecule has 104 valence electrons. The summed E-state index contributed by atoms with van der Waals surface area (Å²) in [4.78, 5) is 37.6. The minimum Gasteiger partial charge on any atom is -0.480 e. The Labute approximate surface area is 113 Å². The first-order valence-corrected chi connectivity index (χ1v) is 6.34. The fraction of sp³-hybridized carbons (Fsp3) is 0.455. The molecule has 1 rings (SSSR count). The van der Waals surface area contributed by atoms with Gasteiger partial charge in [-0.2, -0.15) is 0 Å². The van der Waals surface area contributed by atoms with Crippen molar-refractivity contribution in [2.75, 3.05) is 7.11 Å². The summed E-state index contributed by atoms with van der Waals surface area (Å²) in [5.74, 6) is -2.30. The number of carboxylic acid groups (broad SMARTS) is 1. The molecule has 1 heterocycles. The number of thiazole rings is 1. The molecular formula is C11H14N2O5S. The van der Waals surface area contributed by atoms with E-state index in [1.807, 2.05) is 0 Å². The molecule has 2 N–H and O–H groups in total. The van der Waals surface area contributed by atoms with Crippen LogP contribution in [0.4, 0.5) is 0 Å². The van der Waals surface area contributed by atoms with Gasteiger partial charge < -0.3 is 15.2 Å². The smallest absolute Gasteiger partial charge is 0.326 e. The van der Waals surface area contributed by atoms with Crippen molar-refractivity contribution in [1.82, 2.24) is 10.3 Å². The van der Waals surface area contributed by atoms with Crippen molar-refractivity contribution >= 4 is 29.2 Å². The van der Waals surface area contributed by atoms with E-state index in [1.165, 1.54) is 18.4 Å². The number of aromatic nitrogens is 1. The first kappa shape index (κ1) is 15.1. The predicted octanol–water partition coefficient (Wildman–Crippen LogP) is 0.588. The van der Waals surface area contributed by atoms with Gasteiger partial charge in [-0.1, -0.05) is 0 Å². The lowest BCUT2D eigenvalue weighted by Gasteiger charge is -2.12. The summed E-state index contributed by atoms with van der Waals surface area (Å²) < 4.78 is 4.42. The Kier molecular flexibility index (Phi) is 5.43. The lowest BCUT2D eigenvalue weighted by atomic mass is 10.1. The molecule has 0 aliphatic heterocycles. The molecule has 0 aliphatic rings. The van der Waals surface area contributed by atoms with Gasteiger partial charge in [0.15, 0.2) is 0 Å². The lowest BCUT2D eigenvalue weighted by molar-refractivity contribution is -0.142. The molecule has 0 saturated carbocycles. The highest BCUT2D eigenvalue weighted by atomic mass is 32.1. The van der Waals surface area contributed by atoms with Gasteiger partial charge in [0.2, 0.25) is 0 Å². The second-order valence-electron chi connectivity index (χ2n) is 3.73. The summed E-state index contributed by atoms with van der Waals surface area (Å²) in [5.41, 5.74) is 0.173. The molecule has 8 heteroatoms. The fourth-order valence-corrected chi connectivity index (χ4v) is 1.91. The predicted molar refractivity (Wildman–Crippen MR) is 67.0 cm³/mol. The van der Waals surface area contributed by atoms with Crippen LogP contribution in [0.25, 0.3) is 0 Å². The highest BCUT2D eigenvalue weighted by Gasteiger charge is 2.22. The number of carbonyl (C=O) groups excluding carboxylic acids is 2. The summed E-state index contributed by atoms with van der Waals surface area (Å²) in [5, 5.41) is 13.6. The Hall–Kier alpha value is -1.96. The quantitative estimate of drug-likeness (QED) is 0.741. The first-order valence-electron chi connectivity index (χ1n) is 5.46. The highest BCUT2D eigenvalue weighted by Crippen LogP contribution is 2.08. The number of aryl methyl sites for hydroxylation is 1. The second-order valence-corrected chi connectivity index (χ2v) is 4.79. The van der Waals surface area contributed by atoms with Crippen molar-refractivity contribution < 1.29 is 24.2 Å². The van der Waals surface area contributed by atoms with Crippen molar-refractivity contribution in [3.8, 4) is 0 Å². The van der Waals surface area contributed by atoms with Crippen LogP contribution in [-0.4, -0.2) is 41.1 Å². The Morgan fingerprint density at radius 1 is 1.53 bits per heavy atom. The molecule has 19 heavy (non-hydrogen) atoms. The molecule has 0 unspecified atom stereocenters. The van der Waals surface area contributed by atoms with E-state index in [2.05, 4.69) is 15.0 Å². The average molecular weight is 286 g/mol. The molecule has 1 aromatic rings. The lowest BCUT2D eigenvalue weighted by Crippen LogP contribution is -2.41. The van der Waals surface area contributed by atoms with Crippen LogP contribution in [0.2, 0.25) is 0 Å². The summed E-state index contributed by atoms with van der Waals surface area (Å²) in [6, 6.07) is -1.14. The van der Waals surface area contributed by atoms with E-state index >= 15 is 0 Å². The van der Waals surface area contributed by atoms with Crippen molar-refractivity contribution in [3.05, 3.63) is 16.1 Å². The van der Waals surface area contributed by atoms with Crippen LogP contribution in [0.5, 0.6) is 0 Å². The monoisotopic (exact) mass is 286 g/mol. The summed E-state index contributed by atoms with van der Waals surface area (Å²) in [6.45, 7) is 1.74. The number of nitrogens with zero attached hydrogens (tertiary/aromatic N) is 1. The molecular weight excluding hydrogens is 272 g/mol. The minimum atomic E-state index is -1.20. The van der Waals surface area contributed by atoms with Crippen LogP contribution in [-0.2, 0) is 14.3 Å². The second kappa shape index (κ2) is 6.83. The van der Waals surface area contributed by atoms with Crippen LogP contribution < -0.4 is 5.32 Å². The Morgan fingerprint density at radius 3 is 2.68 bits per heavy atom. The zero-order valence-corrected chi connectivity index (χ0v) is 11.3. The van der Waals surface area contributed by atoms with E-state index in [0.717, 1.165) is 0 Å². The van der Waals surface area contributed by atoms with E-state index in [1.54, 1.807) is 12.3 Å². The van der Waals surface area contributed by atoms with E-state index < -0.39 is 23.9 Å². The van der Waals surface area contributed by atoms with Crippen LogP contribution in [0, 0.1) is 6.92 Å². The molecule has 1 atom stereocenters. The van der Waals surface area contributed by atoms with Gasteiger partial charge in [-0.05, 0) is 13.3 Å². The SMILES string of the molecule is COC(=O)CC[C@@H](NC(=O)c1csc(C)n1)C(=O)O. The first-order chi connectivity index (χ1) is 8.93. The third-order valence-corrected chi connectivity index (χ3v) is 3.09. The number of carbonyl (C=O) groups is 3. The maximum absolute atomic E-state index is 11.7. The zero-order valence-electron chi connectivity index (χ0n) is 10.5. The van der Waals surface area contributed by atoms with Gasteiger partial charge in [0, 0.05) is 11.8 Å². The van der Waals surface area contributed by atoms with Crippen LogP contribution in [0.15, 0.2) is 5.38 Å². The topological polar surface area (TPSA) is 106 Å². The van der Waals surface area contributed by atoms with E-state index in [4.69, 9.17) is 5.11 Å². The Morgan fingerprint density at radius 2 is 2.21 bits per heavy atom. The molecule has 0 aromatic carbocycles. The fourth-order valence-electron chi connectivity index (χ4n) is 1.32. The molecule has 1 amide bonds. The molecule has 0 aliphatic carbocycles. The van der Waals surface area contributed by atoms with E-state index in [9.17, 15) is 14.4 Å². The van der Waals surface area contributed by atoms with Gasteiger partial charge in [0.1, 0.15) is 11.7 Å². The summed E-state index contributed by atoms with van der Waals surface area (Å²) >= 11 is 1.30. The third kappa shape index (κ3) is 4.66. The molecule has 0 saturated heterocycles. The van der Waals surface area contributed by atoms with Crippen LogP contribution >= 0.6 is 11.3 Å². The van der Waals surface area contributed by atoms with E-state index in [0.29, 0.717) is 5.01 Å². The number of aliphatic carboxylic acids is 1. The van der Waals surface area contributed by atoms with Crippen molar-refractivity contribution in [2.45, 2.75) is 25.8 Å². The Balaban J connectivity index is 2.61. The number of methoxy groups -OCH3 is 1. The zero-order chi connectivity index (χ0) is 14.4. The molecule has 7 nitrogen and oxygen atoms in total. The van der Waals surface area contributed by atoms with Gasteiger partial charge >= 0.3 is 11.9 Å². The number of carboxylic acids is 1. The maximum atomic E-state index is 11.7. The van der Waals surface area contributed by atoms with Gasteiger partial charge in [-0.25, -0.2) is 9.78 Å². The molecule has 1 aromatic heterocycles. The number of rotatable bonds is 6. The van der Waals surface area contributed by atoms with Crippen LogP contribution in [0.1, 0.15) is 28.3 Å². The minimum absolute atomic E-state index is 0.0309. The molecule has 0 fully saturated rings. The number of amides is 1. The van der Waals surface area contributed by atoms with Gasteiger partial charge in [0.25, 0.3) is 5.91 Å². The molecule has 0 radical (unpaired) electrons. The highest BCUT2D eigenvalue weighted by molar-refractivity contribution is 7.09. The third-order valence-electron chi connectivity index (χ3n) is 2.32. The van der Waals surface area contributed by atoms with Crippen molar-refractivity contribution in [2.24, 2.45) is 0 Å². The normalized spacial score (nSPS) is 11.7. The summed E-state index contributed by atoms with van der Waals surface area (Å²) in [6.07, 6.45) is -0.110. The van der Waals surface area contributed by atoms with Gasteiger partial charge in [0.05, 0.1) is 12.1 Å². The molecule has 0 bridgehead atoms. The number of hydrogen-bond acceptors (Lipinski definition) is 6. The number of esters is 1. The maximum Gasteiger partial charge on any atom is 0.326 e. The summed E-state index contributed by atoms with van der Waals surface area (Å²) in [7, 11) is 1.22.